The molecule has 0 aliphatic heterocycles. The Kier molecular flexibility index (Phi) is 16.0. The van der Waals surface area contributed by atoms with Crippen LogP contribution in [-0.2, 0) is 16.6 Å². The number of hydrogen-bond acceptors (Lipinski definition) is 7. The molecule has 2 rings (SSSR count). The van der Waals surface area contributed by atoms with E-state index >= 15 is 0 Å². The molecule has 2 heterocycles. The normalized spacial score (nSPS) is 11.5. The van der Waals surface area contributed by atoms with Crippen molar-refractivity contribution in [1.82, 2.24) is 19.7 Å². The Bertz CT molecular complexity index is 900. The van der Waals surface area contributed by atoms with E-state index < -0.39 is 0 Å². The first kappa shape index (κ1) is 30.1. The summed E-state index contributed by atoms with van der Waals surface area (Å²) in [7, 11) is 1.84. The van der Waals surface area contributed by atoms with Gasteiger partial charge in [-0.15, -0.1) is 0 Å². The lowest BCUT2D eigenvalue weighted by molar-refractivity contribution is -0.139. The first-order valence-electron chi connectivity index (χ1n) is 13.9. The molecule has 0 aromatic carbocycles. The number of carbonyl (C=O) groups is 1. The highest BCUT2D eigenvalue weighted by Gasteiger charge is 2.17. The first-order valence-corrected chi connectivity index (χ1v) is 14.9. The van der Waals surface area contributed by atoms with Gasteiger partial charge in [0.1, 0.15) is 16.9 Å². The number of hydrogen-bond donors (Lipinski definition) is 0. The summed E-state index contributed by atoms with van der Waals surface area (Å²) in [6.07, 6.45) is 24.3. The van der Waals surface area contributed by atoms with Crippen molar-refractivity contribution in [3.63, 3.8) is 0 Å². The zero-order chi connectivity index (χ0) is 25.8. The minimum atomic E-state index is -0.264. The van der Waals surface area contributed by atoms with E-state index in [1.54, 1.807) is 11.6 Å². The van der Waals surface area contributed by atoms with E-state index in [2.05, 4.69) is 34.1 Å². The van der Waals surface area contributed by atoms with Gasteiger partial charge in [-0.1, -0.05) is 82.2 Å². The highest BCUT2D eigenvalue weighted by atomic mass is 32.2. The Hall–Kier alpha value is -2.09. The van der Waals surface area contributed by atoms with Crippen LogP contribution in [0.2, 0.25) is 0 Å². The van der Waals surface area contributed by atoms with Crippen molar-refractivity contribution in [3.8, 4) is 5.88 Å². The second kappa shape index (κ2) is 19.1. The molecular weight excluding hydrogens is 472 g/mol. The van der Waals surface area contributed by atoms with Crippen molar-refractivity contribution in [3.05, 3.63) is 18.5 Å². The summed E-state index contributed by atoms with van der Waals surface area (Å²) < 4.78 is 12.7. The van der Waals surface area contributed by atoms with Crippen LogP contribution in [0.1, 0.15) is 104 Å². The van der Waals surface area contributed by atoms with Crippen LogP contribution in [0.3, 0.4) is 0 Å². The zero-order valence-electron chi connectivity index (χ0n) is 22.7. The smallest absolute Gasteiger partial charge is 0.316 e. The lowest BCUT2D eigenvalue weighted by atomic mass is 10.1. The maximum Gasteiger partial charge on any atom is 0.316 e. The molecule has 0 fully saturated rings. The molecule has 0 N–H and O–H groups in total. The van der Waals surface area contributed by atoms with Crippen LogP contribution in [0.4, 0.5) is 0 Å². The highest BCUT2D eigenvalue weighted by molar-refractivity contribution is 8.00. The van der Waals surface area contributed by atoms with E-state index in [4.69, 9.17) is 9.47 Å². The van der Waals surface area contributed by atoms with Crippen molar-refractivity contribution in [2.45, 2.75) is 109 Å². The predicted octanol–water partition coefficient (Wildman–Crippen LogP) is 7.43. The fourth-order valence-corrected chi connectivity index (χ4v) is 4.81. The molecule has 8 heteroatoms. The number of esters is 1. The van der Waals surface area contributed by atoms with Gasteiger partial charge in [0.05, 0.1) is 19.0 Å². The zero-order valence-corrected chi connectivity index (χ0v) is 23.5. The van der Waals surface area contributed by atoms with Crippen molar-refractivity contribution in [1.29, 1.82) is 0 Å². The van der Waals surface area contributed by atoms with Gasteiger partial charge in [0.15, 0.2) is 5.52 Å². The van der Waals surface area contributed by atoms with Gasteiger partial charge in [-0.3, -0.25) is 4.79 Å². The third-order valence-electron chi connectivity index (χ3n) is 6.06. The van der Waals surface area contributed by atoms with Crippen LogP contribution >= 0.6 is 11.8 Å². The molecule has 0 amide bonds. The van der Waals surface area contributed by atoms with E-state index in [1.807, 2.05) is 7.05 Å². The number of fused-ring (bicyclic) bond motifs is 1. The second-order valence-corrected chi connectivity index (χ2v) is 10.1. The Balaban J connectivity index is 1.56. The van der Waals surface area contributed by atoms with Crippen LogP contribution < -0.4 is 4.74 Å². The summed E-state index contributed by atoms with van der Waals surface area (Å²) in [6.45, 7) is 5.07. The highest BCUT2D eigenvalue weighted by Crippen LogP contribution is 2.29. The van der Waals surface area contributed by atoms with Crippen LogP contribution in [0.15, 0.2) is 23.5 Å². The standard InChI is InChI=1S/C28H46N4O3S/c1-4-6-7-8-9-10-11-12-13-14-15-16-17-18-19-20-21-35-28-26-25(31-32(28)3)27(30-23-29-26)36-22-24(33)34-5-2/h15-16,23H,4-14,17-22H2,1-3H3. The van der Waals surface area contributed by atoms with Crippen LogP contribution in [-0.4, -0.2) is 44.7 Å². The molecule has 0 saturated carbocycles. The fraction of sp³-hybridized carbons (Fsp3) is 0.714. The van der Waals surface area contributed by atoms with Crippen LogP contribution in [0, 0.1) is 0 Å². The summed E-state index contributed by atoms with van der Waals surface area (Å²) in [5, 5.41) is 5.18. The second-order valence-electron chi connectivity index (χ2n) is 9.18. The Morgan fingerprint density at radius 1 is 0.889 bits per heavy atom. The molecule has 0 unspecified atom stereocenters. The third kappa shape index (κ3) is 11.8. The number of allylic oxidation sites excluding steroid dienone is 2. The number of unbranched alkanes of at least 4 members (excludes halogenated alkanes) is 12. The van der Waals surface area contributed by atoms with Crippen molar-refractivity contribution in [2.75, 3.05) is 19.0 Å². The molecule has 0 atom stereocenters. The molecule has 36 heavy (non-hydrogen) atoms. The van der Waals surface area contributed by atoms with Gasteiger partial charge in [0.2, 0.25) is 5.88 Å². The summed E-state index contributed by atoms with van der Waals surface area (Å²) in [5.74, 6) is 0.576. The van der Waals surface area contributed by atoms with E-state index in [-0.39, 0.29) is 11.7 Å². The molecule has 7 nitrogen and oxygen atoms in total. The van der Waals surface area contributed by atoms with Gasteiger partial charge < -0.3 is 9.47 Å². The topological polar surface area (TPSA) is 79.1 Å². The van der Waals surface area contributed by atoms with Crippen molar-refractivity contribution >= 4 is 28.8 Å². The number of aryl methyl sites for hydroxylation is 1. The molecule has 202 valence electrons. The minimum absolute atomic E-state index is 0.195. The average Bonchev–Trinajstić information content (AvgIpc) is 3.20. The monoisotopic (exact) mass is 518 g/mol. The number of nitrogens with zero attached hydrogens (tertiary/aromatic N) is 4. The maximum absolute atomic E-state index is 11.7. The molecule has 0 aliphatic carbocycles. The fourth-order valence-electron chi connectivity index (χ4n) is 4.07. The van der Waals surface area contributed by atoms with Crippen LogP contribution in [0.25, 0.3) is 11.0 Å². The van der Waals surface area contributed by atoms with Crippen molar-refractivity contribution < 1.29 is 14.3 Å². The molecule has 0 aliphatic rings. The van der Waals surface area contributed by atoms with Crippen LogP contribution in [0.5, 0.6) is 5.88 Å². The Morgan fingerprint density at radius 3 is 2.19 bits per heavy atom. The summed E-state index contributed by atoms with van der Waals surface area (Å²) in [5.41, 5.74) is 1.33. The quantitative estimate of drug-likeness (QED) is 0.0558. The summed E-state index contributed by atoms with van der Waals surface area (Å²) in [6, 6.07) is 0. The van der Waals surface area contributed by atoms with Gasteiger partial charge in [-0.2, -0.15) is 5.10 Å². The Labute approximate surface area is 221 Å². The van der Waals surface area contributed by atoms with E-state index in [0.29, 0.717) is 35.2 Å². The maximum atomic E-state index is 11.7. The third-order valence-corrected chi connectivity index (χ3v) is 7.01. The number of rotatable bonds is 21. The molecule has 0 saturated heterocycles. The van der Waals surface area contributed by atoms with E-state index in [1.165, 1.54) is 88.7 Å². The van der Waals surface area contributed by atoms with E-state index in [9.17, 15) is 4.79 Å². The molecule has 0 radical (unpaired) electrons. The predicted molar refractivity (Wildman–Crippen MR) is 149 cm³/mol. The van der Waals surface area contributed by atoms with Gasteiger partial charge in [0.25, 0.3) is 0 Å². The van der Waals surface area contributed by atoms with E-state index in [0.717, 1.165) is 19.3 Å². The number of aromatic nitrogens is 4. The van der Waals surface area contributed by atoms with Gasteiger partial charge in [-0.25, -0.2) is 14.6 Å². The molecule has 2 aromatic heterocycles. The molecular formula is C28H46N4O3S. The van der Waals surface area contributed by atoms with Crippen molar-refractivity contribution in [2.24, 2.45) is 7.05 Å². The number of ether oxygens (including phenoxy) is 2. The molecule has 2 aromatic rings. The Morgan fingerprint density at radius 2 is 1.53 bits per heavy atom. The molecule has 0 spiro atoms. The lowest BCUT2D eigenvalue weighted by Crippen LogP contribution is -2.06. The number of carbonyl (C=O) groups excluding carboxylic acids is 1. The first-order chi connectivity index (χ1) is 17.7. The van der Waals surface area contributed by atoms with Gasteiger partial charge >= 0.3 is 5.97 Å². The average molecular weight is 519 g/mol. The SMILES string of the molecule is CCCCCCCCCCCC=CCCCCCOc1c2ncnc(SCC(=O)OCC)c2nn1C. The summed E-state index contributed by atoms with van der Waals surface area (Å²) >= 11 is 1.31. The largest absolute Gasteiger partial charge is 0.476 e. The summed E-state index contributed by atoms with van der Waals surface area (Å²) in [4.78, 5) is 20.3. The minimum Gasteiger partial charge on any atom is -0.476 e. The van der Waals surface area contributed by atoms with Gasteiger partial charge in [0, 0.05) is 7.05 Å². The number of thioether (sulfide) groups is 1. The molecule has 0 bridgehead atoms. The van der Waals surface area contributed by atoms with Gasteiger partial charge in [-0.05, 0) is 45.4 Å². The lowest BCUT2D eigenvalue weighted by Gasteiger charge is -2.06.